The Kier molecular flexibility index (Phi) is 2.94. The van der Waals surface area contributed by atoms with Gasteiger partial charge < -0.3 is 5.32 Å². The average Bonchev–Trinajstić information content (AvgIpc) is 1.97. The molecule has 0 aromatic heterocycles. The summed E-state index contributed by atoms with van der Waals surface area (Å²) >= 11 is 9.01. The lowest BCUT2D eigenvalue weighted by atomic mass is 10.3. The van der Waals surface area contributed by atoms with Gasteiger partial charge >= 0.3 is 0 Å². The van der Waals surface area contributed by atoms with Crippen molar-refractivity contribution in [2.75, 3.05) is 5.32 Å². The van der Waals surface area contributed by atoms with Gasteiger partial charge in [-0.1, -0.05) is 30.3 Å². The van der Waals surface area contributed by atoms with Crippen LogP contribution in [0.25, 0.3) is 0 Å². The maximum atomic E-state index is 12.9. The average molecular weight is 206 g/mol. The highest BCUT2D eigenvalue weighted by Gasteiger charge is 2.07. The number of hydrogen-bond acceptors (Lipinski definition) is 1. The van der Waals surface area contributed by atoms with Crippen molar-refractivity contribution in [1.82, 2.24) is 0 Å². The Balaban J connectivity index is 3.04. The molecule has 1 aromatic rings. The van der Waals surface area contributed by atoms with Crippen LogP contribution in [0.2, 0.25) is 5.02 Å². The SMILES string of the molecule is O=C(S)Nc1c(F)cccc1Cl. The van der Waals surface area contributed by atoms with E-state index in [2.05, 4.69) is 17.9 Å². The van der Waals surface area contributed by atoms with E-state index in [1.807, 2.05) is 0 Å². The van der Waals surface area contributed by atoms with Crippen LogP contribution in [0.15, 0.2) is 18.2 Å². The lowest BCUT2D eigenvalue weighted by Crippen LogP contribution is -2.03. The van der Waals surface area contributed by atoms with Gasteiger partial charge in [0, 0.05) is 0 Å². The zero-order valence-corrected chi connectivity index (χ0v) is 7.49. The third kappa shape index (κ3) is 2.12. The third-order valence-electron chi connectivity index (χ3n) is 1.19. The van der Waals surface area contributed by atoms with Crippen LogP contribution in [0.4, 0.5) is 14.9 Å². The second-order valence-electron chi connectivity index (χ2n) is 2.03. The van der Waals surface area contributed by atoms with E-state index in [0.29, 0.717) is 0 Å². The second kappa shape index (κ2) is 3.78. The molecule has 0 unspecified atom stereocenters. The van der Waals surface area contributed by atoms with Crippen molar-refractivity contribution < 1.29 is 9.18 Å². The number of hydrogen-bond donors (Lipinski definition) is 2. The lowest BCUT2D eigenvalue weighted by molar-refractivity contribution is 0.270. The Labute approximate surface area is 79.1 Å². The molecule has 0 bridgehead atoms. The number of benzene rings is 1. The first-order valence-corrected chi connectivity index (χ1v) is 3.87. The van der Waals surface area contributed by atoms with Crippen molar-refractivity contribution in [2.24, 2.45) is 0 Å². The largest absolute Gasteiger partial charge is 0.313 e. The molecule has 0 aliphatic rings. The van der Waals surface area contributed by atoms with E-state index in [4.69, 9.17) is 11.6 Å². The molecule has 0 fully saturated rings. The van der Waals surface area contributed by atoms with Gasteiger partial charge in [-0.05, 0) is 12.1 Å². The third-order valence-corrected chi connectivity index (χ3v) is 1.62. The van der Waals surface area contributed by atoms with Crippen molar-refractivity contribution >= 4 is 35.2 Å². The fraction of sp³-hybridized carbons (Fsp3) is 0. The molecule has 0 aliphatic heterocycles. The predicted molar refractivity (Wildman–Crippen MR) is 49.4 cm³/mol. The van der Waals surface area contributed by atoms with Gasteiger partial charge in [-0.25, -0.2) is 4.39 Å². The second-order valence-corrected chi connectivity index (χ2v) is 2.84. The van der Waals surface area contributed by atoms with Gasteiger partial charge in [-0.2, -0.15) is 0 Å². The number of thiol groups is 1. The molecule has 1 N–H and O–H groups in total. The number of carbonyl (C=O) groups is 1. The van der Waals surface area contributed by atoms with E-state index in [0.717, 1.165) is 0 Å². The standard InChI is InChI=1S/C7H5ClFNOS/c8-4-2-1-3-5(9)6(4)10-7(11)12/h1-3H,(H2,10,11,12). The molecule has 1 aromatic carbocycles. The first kappa shape index (κ1) is 9.35. The molecule has 0 heterocycles. The maximum absolute atomic E-state index is 12.9. The molecular formula is C7H5ClFNOS. The normalized spacial score (nSPS) is 9.58. The molecular weight excluding hydrogens is 201 g/mol. The van der Waals surface area contributed by atoms with E-state index in [1.54, 1.807) is 0 Å². The smallest absolute Gasteiger partial charge is 0.280 e. The molecule has 64 valence electrons. The van der Waals surface area contributed by atoms with Crippen molar-refractivity contribution in [3.05, 3.63) is 29.0 Å². The van der Waals surface area contributed by atoms with Crippen LogP contribution in [-0.2, 0) is 0 Å². The molecule has 2 nitrogen and oxygen atoms in total. The summed E-state index contributed by atoms with van der Waals surface area (Å²) in [7, 11) is 0. The van der Waals surface area contributed by atoms with Crippen LogP contribution in [0.5, 0.6) is 0 Å². The zero-order valence-electron chi connectivity index (χ0n) is 5.84. The van der Waals surface area contributed by atoms with Crippen LogP contribution in [-0.4, -0.2) is 5.24 Å². The molecule has 0 spiro atoms. The summed E-state index contributed by atoms with van der Waals surface area (Å²) in [6.45, 7) is 0. The predicted octanol–water partition coefficient (Wildman–Crippen LogP) is 2.94. The molecule has 0 aliphatic carbocycles. The highest BCUT2D eigenvalue weighted by molar-refractivity contribution is 7.96. The summed E-state index contributed by atoms with van der Waals surface area (Å²) in [6, 6.07) is 4.13. The Bertz CT molecular complexity index is 298. The molecule has 1 rings (SSSR count). The summed E-state index contributed by atoms with van der Waals surface area (Å²) < 4.78 is 12.9. The fourth-order valence-electron chi connectivity index (χ4n) is 0.724. The molecule has 1 amide bonds. The minimum atomic E-state index is -0.651. The topological polar surface area (TPSA) is 29.1 Å². The van der Waals surface area contributed by atoms with Gasteiger partial charge in [0.25, 0.3) is 5.24 Å². The Morgan fingerprint density at radius 3 is 2.75 bits per heavy atom. The first-order valence-electron chi connectivity index (χ1n) is 3.05. The summed E-state index contributed by atoms with van der Waals surface area (Å²) in [4.78, 5) is 10.4. The zero-order chi connectivity index (χ0) is 9.14. The number of rotatable bonds is 1. The molecule has 0 radical (unpaired) electrons. The van der Waals surface area contributed by atoms with E-state index < -0.39 is 11.1 Å². The minimum Gasteiger partial charge on any atom is -0.313 e. The molecule has 0 saturated carbocycles. The van der Waals surface area contributed by atoms with Crippen LogP contribution in [0, 0.1) is 5.82 Å². The number of anilines is 1. The van der Waals surface area contributed by atoms with Gasteiger partial charge in [0.2, 0.25) is 0 Å². The highest BCUT2D eigenvalue weighted by Crippen LogP contribution is 2.24. The number of carbonyl (C=O) groups excluding carboxylic acids is 1. The summed E-state index contributed by atoms with van der Waals surface area (Å²) in [5, 5.41) is 1.66. The monoisotopic (exact) mass is 205 g/mol. The number of nitrogens with one attached hydrogen (secondary N) is 1. The molecule has 0 saturated heterocycles. The van der Waals surface area contributed by atoms with Gasteiger partial charge in [0.1, 0.15) is 5.82 Å². The van der Waals surface area contributed by atoms with Crippen LogP contribution >= 0.6 is 24.2 Å². The lowest BCUT2D eigenvalue weighted by Gasteiger charge is -2.04. The maximum Gasteiger partial charge on any atom is 0.280 e. The van der Waals surface area contributed by atoms with Crippen molar-refractivity contribution in [3.63, 3.8) is 0 Å². The van der Waals surface area contributed by atoms with Gasteiger partial charge in [0.05, 0.1) is 10.7 Å². The molecule has 5 heteroatoms. The number of para-hydroxylation sites is 1. The van der Waals surface area contributed by atoms with Gasteiger partial charge in [0.15, 0.2) is 0 Å². The Morgan fingerprint density at radius 1 is 1.58 bits per heavy atom. The van der Waals surface area contributed by atoms with E-state index in [1.165, 1.54) is 18.2 Å². The van der Waals surface area contributed by atoms with E-state index in [9.17, 15) is 9.18 Å². The van der Waals surface area contributed by atoms with Crippen LogP contribution in [0.3, 0.4) is 0 Å². The number of amides is 1. The van der Waals surface area contributed by atoms with Crippen molar-refractivity contribution in [2.45, 2.75) is 0 Å². The van der Waals surface area contributed by atoms with Crippen molar-refractivity contribution in [1.29, 1.82) is 0 Å². The summed E-state index contributed by atoms with van der Waals surface area (Å²) in [5.74, 6) is -0.579. The molecule has 12 heavy (non-hydrogen) atoms. The highest BCUT2D eigenvalue weighted by atomic mass is 35.5. The fourth-order valence-corrected chi connectivity index (χ4v) is 1.05. The molecule has 0 atom stereocenters. The van der Waals surface area contributed by atoms with Gasteiger partial charge in [-0.3, -0.25) is 4.79 Å². The summed E-state index contributed by atoms with van der Waals surface area (Å²) in [6.07, 6.45) is 0. The van der Waals surface area contributed by atoms with E-state index in [-0.39, 0.29) is 10.7 Å². The first-order chi connectivity index (χ1) is 5.61. The summed E-state index contributed by atoms with van der Waals surface area (Å²) in [5.41, 5.74) is -0.0424. The van der Waals surface area contributed by atoms with E-state index >= 15 is 0 Å². The van der Waals surface area contributed by atoms with Gasteiger partial charge in [-0.15, -0.1) is 0 Å². The quantitative estimate of drug-likeness (QED) is 0.679. The van der Waals surface area contributed by atoms with Crippen LogP contribution < -0.4 is 5.32 Å². The van der Waals surface area contributed by atoms with Crippen LogP contribution in [0.1, 0.15) is 0 Å². The van der Waals surface area contributed by atoms with Crippen molar-refractivity contribution in [3.8, 4) is 0 Å². The Morgan fingerprint density at radius 2 is 2.25 bits per heavy atom. The Hall–Kier alpha value is -0.740. The minimum absolute atomic E-state index is 0.0424. The number of halogens is 2.